The molecule has 78 valence electrons. The molecule has 2 aromatic rings. The number of amides is 1. The summed E-state index contributed by atoms with van der Waals surface area (Å²) < 4.78 is 1.68. The van der Waals surface area contributed by atoms with Gasteiger partial charge in [-0.2, -0.15) is 10.2 Å². The predicted octanol–water partition coefficient (Wildman–Crippen LogP) is -0.532. The van der Waals surface area contributed by atoms with Gasteiger partial charge in [-0.1, -0.05) is 0 Å². The van der Waals surface area contributed by atoms with Crippen molar-refractivity contribution in [2.75, 3.05) is 0 Å². The molecule has 0 aromatic carbocycles. The lowest BCUT2D eigenvalue weighted by atomic mass is 10.4. The van der Waals surface area contributed by atoms with Crippen LogP contribution in [0.25, 0.3) is 0 Å². The Labute approximate surface area is 85.5 Å². The van der Waals surface area contributed by atoms with Crippen molar-refractivity contribution in [1.82, 2.24) is 30.3 Å². The second-order valence-corrected chi connectivity index (χ2v) is 3.00. The third-order valence-corrected chi connectivity index (χ3v) is 1.83. The topological polar surface area (TPSA) is 88.5 Å². The van der Waals surface area contributed by atoms with Crippen LogP contribution in [-0.4, -0.2) is 30.9 Å². The highest BCUT2D eigenvalue weighted by molar-refractivity contribution is 5.90. The summed E-state index contributed by atoms with van der Waals surface area (Å²) in [6, 6.07) is 1.83. The van der Waals surface area contributed by atoms with Crippen molar-refractivity contribution in [2.24, 2.45) is 7.05 Å². The fourth-order valence-electron chi connectivity index (χ4n) is 1.13. The maximum Gasteiger partial charge on any atom is 0.288 e. The lowest BCUT2D eigenvalue weighted by molar-refractivity contribution is 0.0940. The number of H-pyrrole nitrogens is 1. The smallest absolute Gasteiger partial charge is 0.288 e. The summed E-state index contributed by atoms with van der Waals surface area (Å²) in [5, 5.41) is 12.9. The molecule has 2 heterocycles. The average molecular weight is 206 g/mol. The number of aromatic nitrogens is 5. The molecule has 2 N–H and O–H groups in total. The normalized spacial score (nSPS) is 10.2. The van der Waals surface area contributed by atoms with E-state index >= 15 is 0 Å². The van der Waals surface area contributed by atoms with Gasteiger partial charge in [0.15, 0.2) is 0 Å². The Kier molecular flexibility index (Phi) is 2.44. The van der Waals surface area contributed by atoms with Gasteiger partial charge in [0.05, 0.1) is 12.2 Å². The molecule has 0 fully saturated rings. The highest BCUT2D eigenvalue weighted by Crippen LogP contribution is 1.94. The molecule has 0 saturated heterocycles. The first kappa shape index (κ1) is 9.38. The monoisotopic (exact) mass is 206 g/mol. The van der Waals surface area contributed by atoms with Crippen molar-refractivity contribution in [1.29, 1.82) is 0 Å². The van der Waals surface area contributed by atoms with E-state index in [9.17, 15) is 4.79 Å². The molecule has 0 aliphatic rings. The van der Waals surface area contributed by atoms with Crippen LogP contribution in [-0.2, 0) is 13.6 Å². The summed E-state index contributed by atoms with van der Waals surface area (Å²) in [4.78, 5) is 15.1. The van der Waals surface area contributed by atoms with Gasteiger partial charge in [-0.25, -0.2) is 4.98 Å². The predicted molar refractivity (Wildman–Crippen MR) is 50.8 cm³/mol. The van der Waals surface area contributed by atoms with Gasteiger partial charge in [-0.15, -0.1) is 0 Å². The molecule has 0 atom stereocenters. The lowest BCUT2D eigenvalue weighted by Crippen LogP contribution is -2.24. The summed E-state index contributed by atoms with van der Waals surface area (Å²) in [6.45, 7) is 0.375. The van der Waals surface area contributed by atoms with Crippen molar-refractivity contribution in [3.05, 3.63) is 30.1 Å². The van der Waals surface area contributed by atoms with E-state index < -0.39 is 0 Å². The maximum absolute atomic E-state index is 11.4. The summed E-state index contributed by atoms with van der Waals surface area (Å²) >= 11 is 0. The minimum Gasteiger partial charge on any atom is -0.344 e. The van der Waals surface area contributed by atoms with Gasteiger partial charge in [0.25, 0.3) is 5.91 Å². The molecule has 0 saturated carbocycles. The largest absolute Gasteiger partial charge is 0.344 e. The summed E-state index contributed by atoms with van der Waals surface area (Å²) in [7, 11) is 1.82. The van der Waals surface area contributed by atoms with E-state index in [0.717, 1.165) is 5.69 Å². The SMILES string of the molecule is Cn1ccc(CNC(=O)c2ncn[nH]2)n1. The number of carbonyl (C=O) groups excluding carboxylic acids is 1. The number of hydrogen-bond donors (Lipinski definition) is 2. The Morgan fingerprint density at radius 3 is 3.13 bits per heavy atom. The standard InChI is InChI=1S/C8H10N6O/c1-14-3-2-6(13-14)4-9-8(15)7-10-5-11-12-7/h2-3,5H,4H2,1H3,(H,9,15)(H,10,11,12). The Balaban J connectivity index is 1.91. The van der Waals surface area contributed by atoms with Gasteiger partial charge in [0, 0.05) is 13.2 Å². The fourth-order valence-corrected chi connectivity index (χ4v) is 1.13. The molecule has 7 nitrogen and oxygen atoms in total. The van der Waals surface area contributed by atoms with E-state index in [2.05, 4.69) is 25.6 Å². The number of carbonyl (C=O) groups is 1. The van der Waals surface area contributed by atoms with Crippen LogP contribution >= 0.6 is 0 Å². The quantitative estimate of drug-likeness (QED) is 0.706. The third kappa shape index (κ3) is 2.19. The Bertz CT molecular complexity index is 445. The first-order chi connectivity index (χ1) is 7.25. The Morgan fingerprint density at radius 2 is 2.53 bits per heavy atom. The lowest BCUT2D eigenvalue weighted by Gasteiger charge is -1.98. The van der Waals surface area contributed by atoms with Crippen LogP contribution in [0.5, 0.6) is 0 Å². The second kappa shape index (κ2) is 3.91. The van der Waals surface area contributed by atoms with E-state index in [1.54, 1.807) is 4.68 Å². The van der Waals surface area contributed by atoms with Crippen LogP contribution in [0.1, 0.15) is 16.3 Å². The van der Waals surface area contributed by atoms with Gasteiger partial charge in [0.2, 0.25) is 5.82 Å². The van der Waals surface area contributed by atoms with E-state index in [1.807, 2.05) is 19.3 Å². The Hall–Kier alpha value is -2.18. The van der Waals surface area contributed by atoms with Gasteiger partial charge >= 0.3 is 0 Å². The molecule has 0 spiro atoms. The molecule has 2 rings (SSSR count). The molecule has 0 bridgehead atoms. The van der Waals surface area contributed by atoms with Crippen molar-refractivity contribution in [2.45, 2.75) is 6.54 Å². The number of nitrogens with zero attached hydrogens (tertiary/aromatic N) is 4. The molecule has 1 amide bonds. The highest BCUT2D eigenvalue weighted by atomic mass is 16.2. The van der Waals surface area contributed by atoms with E-state index in [4.69, 9.17) is 0 Å². The number of aromatic amines is 1. The molecule has 2 aromatic heterocycles. The summed E-state index contributed by atoms with van der Waals surface area (Å²) in [6.07, 6.45) is 3.10. The van der Waals surface area contributed by atoms with Crippen LogP contribution in [0.2, 0.25) is 0 Å². The summed E-state index contributed by atoms with van der Waals surface area (Å²) in [5.74, 6) is -0.0934. The van der Waals surface area contributed by atoms with Crippen molar-refractivity contribution in [3.63, 3.8) is 0 Å². The zero-order valence-electron chi connectivity index (χ0n) is 8.14. The third-order valence-electron chi connectivity index (χ3n) is 1.83. The minimum atomic E-state index is -0.293. The van der Waals surface area contributed by atoms with Gasteiger partial charge in [0.1, 0.15) is 6.33 Å². The summed E-state index contributed by atoms with van der Waals surface area (Å²) in [5.41, 5.74) is 0.797. The van der Waals surface area contributed by atoms with E-state index in [-0.39, 0.29) is 11.7 Å². The van der Waals surface area contributed by atoms with Crippen molar-refractivity contribution in [3.8, 4) is 0 Å². The van der Waals surface area contributed by atoms with Gasteiger partial charge < -0.3 is 5.32 Å². The van der Waals surface area contributed by atoms with Gasteiger partial charge in [-0.3, -0.25) is 14.6 Å². The molecule has 0 radical (unpaired) electrons. The fraction of sp³-hybridized carbons (Fsp3) is 0.250. The molecular formula is C8H10N6O. The maximum atomic E-state index is 11.4. The van der Waals surface area contributed by atoms with Crippen molar-refractivity contribution < 1.29 is 4.79 Å². The number of hydrogen-bond acceptors (Lipinski definition) is 4. The van der Waals surface area contributed by atoms with Crippen LogP contribution in [0, 0.1) is 0 Å². The van der Waals surface area contributed by atoms with E-state index in [1.165, 1.54) is 6.33 Å². The molecular weight excluding hydrogens is 196 g/mol. The van der Waals surface area contributed by atoms with Crippen LogP contribution in [0.3, 0.4) is 0 Å². The minimum absolute atomic E-state index is 0.200. The van der Waals surface area contributed by atoms with Crippen LogP contribution < -0.4 is 5.32 Å². The molecule has 15 heavy (non-hydrogen) atoms. The number of rotatable bonds is 3. The highest BCUT2D eigenvalue weighted by Gasteiger charge is 2.08. The zero-order valence-corrected chi connectivity index (χ0v) is 8.14. The Morgan fingerprint density at radius 1 is 1.67 bits per heavy atom. The molecule has 0 aliphatic heterocycles. The van der Waals surface area contributed by atoms with Crippen LogP contribution in [0.4, 0.5) is 0 Å². The zero-order chi connectivity index (χ0) is 10.7. The number of aryl methyl sites for hydroxylation is 1. The second-order valence-electron chi connectivity index (χ2n) is 3.00. The molecule has 7 heteroatoms. The number of nitrogens with one attached hydrogen (secondary N) is 2. The van der Waals surface area contributed by atoms with Crippen molar-refractivity contribution >= 4 is 5.91 Å². The van der Waals surface area contributed by atoms with Gasteiger partial charge in [-0.05, 0) is 6.07 Å². The molecule has 0 aliphatic carbocycles. The van der Waals surface area contributed by atoms with Crippen LogP contribution in [0.15, 0.2) is 18.6 Å². The first-order valence-corrected chi connectivity index (χ1v) is 4.38. The van der Waals surface area contributed by atoms with E-state index in [0.29, 0.717) is 6.54 Å². The average Bonchev–Trinajstić information content (AvgIpc) is 2.84. The molecule has 0 unspecified atom stereocenters. The first-order valence-electron chi connectivity index (χ1n) is 4.38.